The number of methoxy groups -OCH3 is 2. The number of hydrogen-bond donors (Lipinski definition) is 1. The van der Waals surface area contributed by atoms with Crippen LogP contribution in [0.1, 0.15) is 0 Å². The van der Waals surface area contributed by atoms with Gasteiger partial charge in [0.2, 0.25) is 5.91 Å². The first kappa shape index (κ1) is 20.5. The smallest absolute Gasteiger partial charge is 0.350 e. The van der Waals surface area contributed by atoms with Crippen molar-refractivity contribution < 1.29 is 14.3 Å². The van der Waals surface area contributed by atoms with E-state index in [4.69, 9.17) is 9.47 Å². The minimum Gasteiger partial charge on any atom is -0.493 e. The lowest BCUT2D eigenvalue weighted by molar-refractivity contribution is -0.117. The van der Waals surface area contributed by atoms with Crippen LogP contribution in [0.5, 0.6) is 11.5 Å². The van der Waals surface area contributed by atoms with E-state index in [0.29, 0.717) is 27.9 Å². The Hall–Kier alpha value is -3.79. The Labute approximate surface area is 181 Å². The minimum absolute atomic E-state index is 0.246. The number of benzene rings is 2. The van der Waals surface area contributed by atoms with Gasteiger partial charge in [0.25, 0.3) is 0 Å². The predicted octanol–water partition coefficient (Wildman–Crippen LogP) is 2.70. The molecule has 0 aliphatic carbocycles. The standard InChI is InChI=1S/C21H19N5O4S/c1-29-16-9-8-14(12-17(16)30-2)23-18(27)13-26-21(28)25-11-10-22-20(19(25)24-26)31-15-6-4-3-5-7-15/h3-12H,13H2,1-2H3,(H,23,27). The zero-order chi connectivity index (χ0) is 21.8. The van der Waals surface area contributed by atoms with E-state index in [2.05, 4.69) is 15.4 Å². The Balaban J connectivity index is 1.56. The molecule has 9 nitrogen and oxygen atoms in total. The number of rotatable bonds is 7. The van der Waals surface area contributed by atoms with Gasteiger partial charge in [-0.3, -0.25) is 4.79 Å². The Morgan fingerprint density at radius 3 is 2.61 bits per heavy atom. The Morgan fingerprint density at radius 2 is 1.87 bits per heavy atom. The highest BCUT2D eigenvalue weighted by Crippen LogP contribution is 2.30. The fraction of sp³-hybridized carbons (Fsp3) is 0.143. The summed E-state index contributed by atoms with van der Waals surface area (Å²) in [6.45, 7) is -0.246. The molecule has 4 rings (SSSR count). The summed E-state index contributed by atoms with van der Waals surface area (Å²) in [4.78, 5) is 30.6. The number of carbonyl (C=O) groups is 1. The molecule has 0 saturated heterocycles. The highest BCUT2D eigenvalue weighted by molar-refractivity contribution is 7.99. The average Bonchev–Trinajstić information content (AvgIpc) is 3.10. The minimum atomic E-state index is -0.422. The second-order valence-corrected chi connectivity index (χ2v) is 7.46. The van der Waals surface area contributed by atoms with Crippen molar-refractivity contribution in [3.05, 3.63) is 71.4 Å². The summed E-state index contributed by atoms with van der Waals surface area (Å²) in [5.41, 5.74) is 0.483. The summed E-state index contributed by atoms with van der Waals surface area (Å²) in [7, 11) is 3.05. The average molecular weight is 437 g/mol. The SMILES string of the molecule is COc1ccc(NC(=O)Cn2nc3c(Sc4ccccc4)nccn3c2=O)cc1OC. The molecule has 0 fully saturated rings. The van der Waals surface area contributed by atoms with Crippen molar-refractivity contribution in [2.24, 2.45) is 0 Å². The maximum atomic E-state index is 12.7. The number of nitrogens with one attached hydrogen (secondary N) is 1. The largest absolute Gasteiger partial charge is 0.493 e. The molecule has 10 heteroatoms. The molecular weight excluding hydrogens is 418 g/mol. The highest BCUT2D eigenvalue weighted by atomic mass is 32.2. The molecule has 2 aromatic carbocycles. The van der Waals surface area contributed by atoms with Gasteiger partial charge in [-0.05, 0) is 24.3 Å². The predicted molar refractivity (Wildman–Crippen MR) is 116 cm³/mol. The zero-order valence-corrected chi connectivity index (χ0v) is 17.6. The van der Waals surface area contributed by atoms with E-state index in [-0.39, 0.29) is 6.54 Å². The van der Waals surface area contributed by atoms with Gasteiger partial charge in [-0.15, -0.1) is 5.10 Å². The van der Waals surface area contributed by atoms with E-state index in [1.165, 1.54) is 42.8 Å². The lowest BCUT2D eigenvalue weighted by Crippen LogP contribution is -2.28. The van der Waals surface area contributed by atoms with Crippen LogP contribution in [0.3, 0.4) is 0 Å². The van der Waals surface area contributed by atoms with Gasteiger partial charge in [-0.25, -0.2) is 18.9 Å². The Bertz CT molecular complexity index is 1290. The van der Waals surface area contributed by atoms with Crippen molar-refractivity contribution in [3.63, 3.8) is 0 Å². The first-order chi connectivity index (χ1) is 15.1. The highest BCUT2D eigenvalue weighted by Gasteiger charge is 2.15. The van der Waals surface area contributed by atoms with Crippen molar-refractivity contribution >= 4 is 29.0 Å². The van der Waals surface area contributed by atoms with Crippen LogP contribution < -0.4 is 20.5 Å². The van der Waals surface area contributed by atoms with Crippen molar-refractivity contribution in [3.8, 4) is 11.5 Å². The fourth-order valence-corrected chi connectivity index (χ4v) is 3.81. The zero-order valence-electron chi connectivity index (χ0n) is 16.8. The second-order valence-electron chi connectivity index (χ2n) is 6.40. The third-order valence-electron chi connectivity index (χ3n) is 4.39. The topological polar surface area (TPSA) is 99.7 Å². The molecule has 0 radical (unpaired) electrons. The third kappa shape index (κ3) is 4.38. The molecule has 0 unspecified atom stereocenters. The molecular formula is C21H19N5O4S. The number of ether oxygens (including phenoxy) is 2. The molecule has 2 aromatic heterocycles. The maximum Gasteiger partial charge on any atom is 0.350 e. The Kier molecular flexibility index (Phi) is 5.89. The molecule has 0 spiro atoms. The molecule has 2 heterocycles. The van der Waals surface area contributed by atoms with Crippen molar-refractivity contribution in [2.75, 3.05) is 19.5 Å². The van der Waals surface area contributed by atoms with E-state index >= 15 is 0 Å². The molecule has 1 N–H and O–H groups in total. The van der Waals surface area contributed by atoms with Crippen molar-refractivity contribution in [1.82, 2.24) is 19.2 Å². The lowest BCUT2D eigenvalue weighted by atomic mass is 10.2. The van der Waals surface area contributed by atoms with Gasteiger partial charge in [0.1, 0.15) is 11.6 Å². The quantitative estimate of drug-likeness (QED) is 0.474. The maximum absolute atomic E-state index is 12.7. The van der Waals surface area contributed by atoms with Gasteiger partial charge < -0.3 is 14.8 Å². The van der Waals surface area contributed by atoms with E-state index in [0.717, 1.165) is 9.58 Å². The summed E-state index contributed by atoms with van der Waals surface area (Å²) in [5, 5.41) is 7.64. The van der Waals surface area contributed by atoms with E-state index in [1.807, 2.05) is 30.3 Å². The monoisotopic (exact) mass is 437 g/mol. The van der Waals surface area contributed by atoms with Gasteiger partial charge in [0.05, 0.1) is 14.2 Å². The van der Waals surface area contributed by atoms with Gasteiger partial charge in [-0.1, -0.05) is 30.0 Å². The summed E-state index contributed by atoms with van der Waals surface area (Å²) in [6, 6.07) is 14.7. The van der Waals surface area contributed by atoms with E-state index in [9.17, 15) is 9.59 Å². The molecule has 4 aromatic rings. The van der Waals surface area contributed by atoms with E-state index in [1.54, 1.807) is 18.2 Å². The number of carbonyl (C=O) groups excluding carboxylic acids is 1. The van der Waals surface area contributed by atoms with Gasteiger partial charge >= 0.3 is 5.69 Å². The van der Waals surface area contributed by atoms with Gasteiger partial charge in [-0.2, -0.15) is 0 Å². The van der Waals surface area contributed by atoms with Crippen LogP contribution in [0.4, 0.5) is 5.69 Å². The molecule has 158 valence electrons. The van der Waals surface area contributed by atoms with Crippen LogP contribution in [-0.2, 0) is 11.3 Å². The van der Waals surface area contributed by atoms with Gasteiger partial charge in [0.15, 0.2) is 17.1 Å². The number of aromatic nitrogens is 4. The van der Waals surface area contributed by atoms with Crippen LogP contribution in [0.2, 0.25) is 0 Å². The lowest BCUT2D eigenvalue weighted by Gasteiger charge is -2.10. The molecule has 1 amide bonds. The first-order valence-corrected chi connectivity index (χ1v) is 10.1. The summed E-state index contributed by atoms with van der Waals surface area (Å²) in [5.74, 6) is 0.634. The van der Waals surface area contributed by atoms with Crippen molar-refractivity contribution in [2.45, 2.75) is 16.5 Å². The van der Waals surface area contributed by atoms with Crippen LogP contribution >= 0.6 is 11.8 Å². The normalized spacial score (nSPS) is 10.8. The molecule has 0 saturated carbocycles. The molecule has 0 bridgehead atoms. The van der Waals surface area contributed by atoms with Crippen LogP contribution in [0.15, 0.2) is 75.6 Å². The number of amides is 1. The third-order valence-corrected chi connectivity index (χ3v) is 5.38. The number of anilines is 1. The molecule has 31 heavy (non-hydrogen) atoms. The van der Waals surface area contributed by atoms with Gasteiger partial charge in [0, 0.05) is 29.0 Å². The van der Waals surface area contributed by atoms with Crippen LogP contribution in [0.25, 0.3) is 5.65 Å². The molecule has 0 aliphatic heterocycles. The first-order valence-electron chi connectivity index (χ1n) is 9.28. The van der Waals surface area contributed by atoms with Crippen LogP contribution in [0, 0.1) is 0 Å². The number of fused-ring (bicyclic) bond motifs is 1. The number of hydrogen-bond acceptors (Lipinski definition) is 7. The summed E-state index contributed by atoms with van der Waals surface area (Å²) < 4.78 is 12.9. The molecule has 0 aliphatic rings. The Morgan fingerprint density at radius 1 is 1.10 bits per heavy atom. The second kappa shape index (κ2) is 8.92. The fourth-order valence-electron chi connectivity index (χ4n) is 2.95. The van der Waals surface area contributed by atoms with E-state index < -0.39 is 11.6 Å². The number of nitrogens with zero attached hydrogens (tertiary/aromatic N) is 4. The summed E-state index contributed by atoms with van der Waals surface area (Å²) >= 11 is 1.40. The van der Waals surface area contributed by atoms with Crippen molar-refractivity contribution in [1.29, 1.82) is 0 Å². The summed E-state index contributed by atoms with van der Waals surface area (Å²) in [6.07, 6.45) is 3.07. The molecule has 0 atom stereocenters. The van der Waals surface area contributed by atoms with Crippen LogP contribution in [-0.4, -0.2) is 39.3 Å².